The number of fused-ring (bicyclic) bond motifs is 1. The third-order valence-corrected chi connectivity index (χ3v) is 3.67. The van der Waals surface area contributed by atoms with Gasteiger partial charge in [-0.05, 0) is 31.5 Å². The molecule has 0 atom stereocenters. The molecule has 1 amide bonds. The highest BCUT2D eigenvalue weighted by Crippen LogP contribution is 2.22. The van der Waals surface area contributed by atoms with Gasteiger partial charge in [-0.2, -0.15) is 0 Å². The van der Waals surface area contributed by atoms with Gasteiger partial charge >= 0.3 is 0 Å². The summed E-state index contributed by atoms with van der Waals surface area (Å²) in [6.45, 7) is 4.81. The first-order valence-electron chi connectivity index (χ1n) is 7.39. The van der Waals surface area contributed by atoms with E-state index in [-0.39, 0.29) is 0 Å². The molecule has 0 aliphatic heterocycles. The van der Waals surface area contributed by atoms with Crippen LogP contribution in [0, 0.1) is 13.8 Å². The molecule has 3 rings (SSSR count). The maximum absolute atomic E-state index is 11.5. The summed E-state index contributed by atoms with van der Waals surface area (Å²) in [5.74, 6) is 0.201. The average Bonchev–Trinajstić information content (AvgIpc) is 2.51. The molecule has 5 heteroatoms. The van der Waals surface area contributed by atoms with E-state index in [4.69, 9.17) is 5.73 Å². The Morgan fingerprint density at radius 1 is 1.13 bits per heavy atom. The van der Waals surface area contributed by atoms with Crippen LogP contribution in [-0.4, -0.2) is 15.9 Å². The van der Waals surface area contributed by atoms with Gasteiger partial charge in [-0.15, -0.1) is 0 Å². The number of nitrogens with one attached hydrogen (secondary N) is 1. The molecule has 3 N–H and O–H groups in total. The van der Waals surface area contributed by atoms with Crippen molar-refractivity contribution in [2.24, 2.45) is 5.73 Å². The van der Waals surface area contributed by atoms with Crippen molar-refractivity contribution in [1.82, 2.24) is 9.97 Å². The number of para-hydroxylation sites is 1. The van der Waals surface area contributed by atoms with E-state index in [9.17, 15) is 4.79 Å². The maximum atomic E-state index is 11.5. The van der Waals surface area contributed by atoms with Gasteiger partial charge in [0.15, 0.2) is 0 Å². The van der Waals surface area contributed by atoms with E-state index in [2.05, 4.69) is 47.3 Å². The van der Waals surface area contributed by atoms with E-state index in [0.717, 1.165) is 5.39 Å². The monoisotopic (exact) mass is 306 g/mol. The lowest BCUT2D eigenvalue weighted by molar-refractivity contribution is 0.100. The second-order valence-electron chi connectivity index (χ2n) is 5.64. The lowest BCUT2D eigenvalue weighted by atomic mass is 10.1. The Balaban J connectivity index is 1.94. The number of primary amides is 1. The minimum absolute atomic E-state index is 0.402. The number of aryl methyl sites for hydroxylation is 2. The zero-order valence-corrected chi connectivity index (χ0v) is 13.1. The highest BCUT2D eigenvalue weighted by molar-refractivity contribution is 6.06. The molecule has 0 fully saturated rings. The minimum atomic E-state index is -0.491. The third-order valence-electron chi connectivity index (χ3n) is 3.67. The molecule has 116 valence electrons. The van der Waals surface area contributed by atoms with Crippen LogP contribution in [0.4, 0.5) is 5.82 Å². The first kappa shape index (κ1) is 15.0. The van der Waals surface area contributed by atoms with Crippen molar-refractivity contribution in [2.45, 2.75) is 20.4 Å². The molecular weight excluding hydrogens is 288 g/mol. The van der Waals surface area contributed by atoms with Crippen LogP contribution in [0.5, 0.6) is 0 Å². The molecule has 0 aliphatic rings. The van der Waals surface area contributed by atoms with Crippen molar-refractivity contribution in [3.8, 4) is 0 Å². The molecule has 3 aromatic rings. The first-order chi connectivity index (χ1) is 11.0. The van der Waals surface area contributed by atoms with E-state index in [1.165, 1.54) is 23.0 Å². The summed E-state index contributed by atoms with van der Waals surface area (Å²) >= 11 is 0. The van der Waals surface area contributed by atoms with Gasteiger partial charge in [0.2, 0.25) is 0 Å². The van der Waals surface area contributed by atoms with Crippen molar-refractivity contribution in [3.63, 3.8) is 0 Å². The predicted octanol–water partition coefficient (Wildman–Crippen LogP) is 2.96. The molecule has 0 aliphatic carbocycles. The fourth-order valence-electron chi connectivity index (χ4n) is 2.78. The largest absolute Gasteiger partial charge is 0.366 e. The average molecular weight is 306 g/mol. The summed E-state index contributed by atoms with van der Waals surface area (Å²) < 4.78 is 0. The standard InChI is InChI=1S/C18H18N4O/c1-11-6-12(2)8-13(7-11)9-20-18-15-5-3-4-14(17(19)23)16(15)21-10-22-18/h3-8,10H,9H2,1-2H3,(H2,19,23)(H,20,21,22). The fourth-order valence-corrected chi connectivity index (χ4v) is 2.78. The van der Waals surface area contributed by atoms with Gasteiger partial charge in [0.05, 0.1) is 11.1 Å². The van der Waals surface area contributed by atoms with E-state index in [0.29, 0.717) is 23.4 Å². The summed E-state index contributed by atoms with van der Waals surface area (Å²) in [7, 11) is 0. The van der Waals surface area contributed by atoms with Crippen LogP contribution >= 0.6 is 0 Å². The summed E-state index contributed by atoms with van der Waals surface area (Å²) in [6.07, 6.45) is 1.44. The fraction of sp³-hybridized carbons (Fsp3) is 0.167. The molecule has 23 heavy (non-hydrogen) atoms. The third kappa shape index (κ3) is 3.13. The highest BCUT2D eigenvalue weighted by Gasteiger charge is 2.10. The zero-order chi connectivity index (χ0) is 16.4. The Kier molecular flexibility index (Phi) is 3.93. The van der Waals surface area contributed by atoms with Gasteiger partial charge in [-0.3, -0.25) is 4.79 Å². The predicted molar refractivity (Wildman–Crippen MR) is 91.3 cm³/mol. The number of anilines is 1. The minimum Gasteiger partial charge on any atom is -0.366 e. The zero-order valence-electron chi connectivity index (χ0n) is 13.1. The van der Waals surface area contributed by atoms with Crippen LogP contribution in [0.3, 0.4) is 0 Å². The topological polar surface area (TPSA) is 80.9 Å². The Morgan fingerprint density at radius 3 is 2.57 bits per heavy atom. The van der Waals surface area contributed by atoms with E-state index in [1.807, 2.05) is 6.07 Å². The number of carbonyl (C=O) groups excluding carboxylic acids is 1. The number of benzene rings is 2. The molecular formula is C18H18N4O. The quantitative estimate of drug-likeness (QED) is 0.776. The summed E-state index contributed by atoms with van der Waals surface area (Å²) in [5.41, 5.74) is 10.0. The van der Waals surface area contributed by atoms with Crippen molar-refractivity contribution >= 4 is 22.6 Å². The lowest BCUT2D eigenvalue weighted by Crippen LogP contribution is -2.12. The number of nitrogens with zero attached hydrogens (tertiary/aromatic N) is 2. The van der Waals surface area contributed by atoms with Crippen LogP contribution in [0.2, 0.25) is 0 Å². The Morgan fingerprint density at radius 2 is 1.87 bits per heavy atom. The van der Waals surface area contributed by atoms with Crippen molar-refractivity contribution < 1.29 is 4.79 Å². The second kappa shape index (κ2) is 6.04. The molecule has 1 heterocycles. The molecule has 0 bridgehead atoms. The Bertz CT molecular complexity index is 869. The Hall–Kier alpha value is -2.95. The van der Waals surface area contributed by atoms with E-state index in [1.54, 1.807) is 12.1 Å². The highest BCUT2D eigenvalue weighted by atomic mass is 16.1. The number of amides is 1. The molecule has 0 radical (unpaired) electrons. The van der Waals surface area contributed by atoms with Crippen LogP contribution in [0.25, 0.3) is 10.9 Å². The van der Waals surface area contributed by atoms with Gasteiger partial charge in [-0.25, -0.2) is 9.97 Å². The van der Waals surface area contributed by atoms with Crippen molar-refractivity contribution in [3.05, 3.63) is 65.0 Å². The maximum Gasteiger partial charge on any atom is 0.250 e. The van der Waals surface area contributed by atoms with Crippen molar-refractivity contribution in [2.75, 3.05) is 5.32 Å². The smallest absolute Gasteiger partial charge is 0.250 e. The van der Waals surface area contributed by atoms with E-state index >= 15 is 0 Å². The van der Waals surface area contributed by atoms with Gasteiger partial charge in [0.1, 0.15) is 12.1 Å². The molecule has 5 nitrogen and oxygen atoms in total. The van der Waals surface area contributed by atoms with Crippen LogP contribution in [0.15, 0.2) is 42.7 Å². The molecule has 0 unspecified atom stereocenters. The number of rotatable bonds is 4. The van der Waals surface area contributed by atoms with Crippen LogP contribution < -0.4 is 11.1 Å². The Labute approximate surface area is 134 Å². The van der Waals surface area contributed by atoms with Crippen LogP contribution in [-0.2, 0) is 6.54 Å². The van der Waals surface area contributed by atoms with Gasteiger partial charge in [0.25, 0.3) is 5.91 Å². The summed E-state index contributed by atoms with van der Waals surface area (Å²) in [4.78, 5) is 20.0. The lowest BCUT2D eigenvalue weighted by Gasteiger charge is -2.10. The molecule has 1 aromatic heterocycles. The molecule has 0 saturated heterocycles. The molecule has 0 spiro atoms. The number of carbonyl (C=O) groups is 1. The second-order valence-corrected chi connectivity index (χ2v) is 5.64. The van der Waals surface area contributed by atoms with Gasteiger partial charge in [0, 0.05) is 11.9 Å². The summed E-state index contributed by atoms with van der Waals surface area (Å²) in [6, 6.07) is 11.8. The van der Waals surface area contributed by atoms with Gasteiger partial charge < -0.3 is 11.1 Å². The number of hydrogen-bond donors (Lipinski definition) is 2. The number of aromatic nitrogens is 2. The van der Waals surface area contributed by atoms with Crippen LogP contribution in [0.1, 0.15) is 27.0 Å². The molecule has 2 aromatic carbocycles. The van der Waals surface area contributed by atoms with Crippen molar-refractivity contribution in [1.29, 1.82) is 0 Å². The molecule has 0 saturated carbocycles. The summed E-state index contributed by atoms with van der Waals surface area (Å²) in [5, 5.41) is 4.11. The normalized spacial score (nSPS) is 10.7. The SMILES string of the molecule is Cc1cc(C)cc(CNc2ncnc3c(C(N)=O)cccc23)c1. The first-order valence-corrected chi connectivity index (χ1v) is 7.39. The van der Waals surface area contributed by atoms with Gasteiger partial charge in [-0.1, -0.05) is 35.4 Å². The number of nitrogens with two attached hydrogens (primary N) is 1. The van der Waals surface area contributed by atoms with E-state index < -0.39 is 5.91 Å². The number of hydrogen-bond acceptors (Lipinski definition) is 4.